The quantitative estimate of drug-likeness (QED) is 0.858. The van der Waals surface area contributed by atoms with Crippen molar-refractivity contribution >= 4 is 15.6 Å². The average molecular weight is 295 g/mol. The third-order valence-corrected chi connectivity index (χ3v) is 6.00. The molecule has 110 valence electrons. The highest BCUT2D eigenvalue weighted by atomic mass is 32.2. The van der Waals surface area contributed by atoms with Crippen LogP contribution in [0.1, 0.15) is 34.3 Å². The van der Waals surface area contributed by atoms with E-state index in [1.807, 2.05) is 19.9 Å². The second kappa shape index (κ2) is 6.06. The van der Waals surface area contributed by atoms with E-state index in [0.29, 0.717) is 18.5 Å². The molecule has 0 bridgehead atoms. The monoisotopic (exact) mass is 295 g/mol. The van der Waals surface area contributed by atoms with E-state index in [2.05, 4.69) is 5.32 Å². The van der Waals surface area contributed by atoms with Crippen LogP contribution in [0.4, 0.5) is 0 Å². The van der Waals surface area contributed by atoms with E-state index in [9.17, 15) is 13.2 Å². The van der Waals surface area contributed by atoms with Gasteiger partial charge in [0.25, 0.3) is 0 Å². The Bertz CT molecular complexity index is 602. The summed E-state index contributed by atoms with van der Waals surface area (Å²) in [5.74, 6) is -0.694. The number of carbonyl (C=O) groups excluding carboxylic acids is 1. The second-order valence-electron chi connectivity index (χ2n) is 5.50. The summed E-state index contributed by atoms with van der Waals surface area (Å²) in [6.45, 7) is 5.21. The van der Waals surface area contributed by atoms with Crippen molar-refractivity contribution in [1.29, 1.82) is 0 Å². The Hall–Kier alpha value is -1.20. The van der Waals surface area contributed by atoms with Gasteiger partial charge in [-0.1, -0.05) is 12.1 Å². The van der Waals surface area contributed by atoms with Gasteiger partial charge < -0.3 is 5.32 Å². The molecule has 1 unspecified atom stereocenters. The van der Waals surface area contributed by atoms with E-state index in [4.69, 9.17) is 0 Å². The van der Waals surface area contributed by atoms with Crippen LogP contribution in [0.25, 0.3) is 0 Å². The van der Waals surface area contributed by atoms with Crippen molar-refractivity contribution in [1.82, 2.24) is 5.32 Å². The maximum Gasteiger partial charge on any atom is 0.177 e. The number of piperidine rings is 1. The Morgan fingerprint density at radius 3 is 2.65 bits per heavy atom. The fourth-order valence-electron chi connectivity index (χ4n) is 2.43. The van der Waals surface area contributed by atoms with Gasteiger partial charge in [-0.2, -0.15) is 0 Å². The first-order valence-corrected chi connectivity index (χ1v) is 8.64. The number of sulfone groups is 1. The molecule has 1 aliphatic heterocycles. The van der Waals surface area contributed by atoms with E-state index < -0.39 is 15.1 Å². The lowest BCUT2D eigenvalue weighted by Gasteiger charge is -2.22. The van der Waals surface area contributed by atoms with Crippen molar-refractivity contribution in [2.24, 2.45) is 0 Å². The van der Waals surface area contributed by atoms with Crippen LogP contribution in [0.3, 0.4) is 0 Å². The third-order valence-electron chi connectivity index (χ3n) is 3.92. The fourth-order valence-corrected chi connectivity index (χ4v) is 4.09. The molecule has 0 saturated carbocycles. The Balaban J connectivity index is 2.11. The van der Waals surface area contributed by atoms with Crippen LogP contribution in [0.15, 0.2) is 18.2 Å². The Kier molecular flexibility index (Phi) is 4.60. The normalized spacial score (nSPS) is 19.8. The number of hydrogen-bond donors (Lipinski definition) is 1. The first-order chi connectivity index (χ1) is 9.40. The van der Waals surface area contributed by atoms with E-state index in [1.165, 1.54) is 0 Å². The van der Waals surface area contributed by atoms with E-state index in [1.54, 1.807) is 12.1 Å². The maximum atomic E-state index is 12.3. The minimum Gasteiger partial charge on any atom is -0.315 e. The number of rotatable bonds is 4. The van der Waals surface area contributed by atoms with Crippen molar-refractivity contribution in [3.05, 3.63) is 34.9 Å². The molecule has 20 heavy (non-hydrogen) atoms. The van der Waals surface area contributed by atoms with Crippen LogP contribution in [-0.2, 0) is 9.84 Å². The third kappa shape index (κ3) is 3.46. The molecule has 2 rings (SSSR count). The molecule has 0 aromatic heterocycles. The van der Waals surface area contributed by atoms with Gasteiger partial charge in [0.1, 0.15) is 5.75 Å². The van der Waals surface area contributed by atoms with E-state index >= 15 is 0 Å². The zero-order chi connectivity index (χ0) is 14.8. The molecule has 5 heteroatoms. The van der Waals surface area contributed by atoms with Gasteiger partial charge in [0.15, 0.2) is 15.6 Å². The van der Waals surface area contributed by atoms with E-state index in [-0.39, 0.29) is 11.5 Å². The fraction of sp³-hybridized carbons (Fsp3) is 0.533. The predicted octanol–water partition coefficient (Wildman–Crippen LogP) is 1.65. The highest BCUT2D eigenvalue weighted by Gasteiger charge is 2.29. The molecule has 1 aromatic carbocycles. The number of hydrogen-bond acceptors (Lipinski definition) is 4. The van der Waals surface area contributed by atoms with Crippen molar-refractivity contribution in [2.45, 2.75) is 31.9 Å². The summed E-state index contributed by atoms with van der Waals surface area (Å²) in [6, 6.07) is 5.34. The van der Waals surface area contributed by atoms with Gasteiger partial charge in [-0.05, 0) is 50.4 Å². The van der Waals surface area contributed by atoms with Crippen molar-refractivity contribution in [3.63, 3.8) is 0 Å². The van der Waals surface area contributed by atoms with Crippen LogP contribution < -0.4 is 5.32 Å². The lowest BCUT2D eigenvalue weighted by atomic mass is 10.0. The van der Waals surface area contributed by atoms with Gasteiger partial charge in [0.2, 0.25) is 0 Å². The van der Waals surface area contributed by atoms with Gasteiger partial charge >= 0.3 is 0 Å². The largest absolute Gasteiger partial charge is 0.315 e. The lowest BCUT2D eigenvalue weighted by molar-refractivity contribution is 0.102. The van der Waals surface area contributed by atoms with Gasteiger partial charge in [0, 0.05) is 12.1 Å². The molecule has 1 aromatic rings. The van der Waals surface area contributed by atoms with Gasteiger partial charge in [-0.15, -0.1) is 0 Å². The number of aryl methyl sites for hydroxylation is 2. The van der Waals surface area contributed by atoms with Crippen molar-refractivity contribution in [2.75, 3.05) is 18.8 Å². The smallest absolute Gasteiger partial charge is 0.177 e. The van der Waals surface area contributed by atoms with Crippen molar-refractivity contribution < 1.29 is 13.2 Å². The summed E-state index contributed by atoms with van der Waals surface area (Å²) in [6.07, 6.45) is 1.50. The summed E-state index contributed by atoms with van der Waals surface area (Å²) in [4.78, 5) is 12.2. The SMILES string of the molecule is Cc1ccc(C(=O)CS(=O)(=O)C2CCCNC2)cc1C. The van der Waals surface area contributed by atoms with Gasteiger partial charge in [-0.3, -0.25) is 4.79 Å². The van der Waals surface area contributed by atoms with Crippen molar-refractivity contribution in [3.8, 4) is 0 Å². The Morgan fingerprint density at radius 1 is 1.30 bits per heavy atom. The molecular formula is C15H21NO3S. The topological polar surface area (TPSA) is 63.2 Å². The van der Waals surface area contributed by atoms with Crippen LogP contribution in [0.5, 0.6) is 0 Å². The number of Topliss-reactive ketones (excluding diaryl/α,β-unsaturated/α-hetero) is 1. The van der Waals surface area contributed by atoms with Crippen LogP contribution >= 0.6 is 0 Å². The summed E-state index contributed by atoms with van der Waals surface area (Å²) >= 11 is 0. The summed E-state index contributed by atoms with van der Waals surface area (Å²) < 4.78 is 24.5. The van der Waals surface area contributed by atoms with Gasteiger partial charge in [0.05, 0.1) is 5.25 Å². The predicted molar refractivity (Wildman–Crippen MR) is 79.9 cm³/mol. The standard InChI is InChI=1S/C15H21NO3S/c1-11-5-6-13(8-12(11)2)15(17)10-20(18,19)14-4-3-7-16-9-14/h5-6,8,14,16H,3-4,7,9-10H2,1-2H3. The second-order valence-corrected chi connectivity index (χ2v) is 7.78. The average Bonchev–Trinajstić information content (AvgIpc) is 2.42. The highest BCUT2D eigenvalue weighted by Crippen LogP contribution is 2.16. The summed E-state index contributed by atoms with van der Waals surface area (Å²) in [5.41, 5.74) is 2.59. The molecule has 0 radical (unpaired) electrons. The molecule has 1 fully saturated rings. The summed E-state index contributed by atoms with van der Waals surface area (Å²) in [5, 5.41) is 2.66. The molecule has 1 N–H and O–H groups in total. The molecule has 0 amide bonds. The number of nitrogens with one attached hydrogen (secondary N) is 1. The Morgan fingerprint density at radius 2 is 2.05 bits per heavy atom. The zero-order valence-electron chi connectivity index (χ0n) is 12.0. The number of benzene rings is 1. The number of carbonyl (C=O) groups is 1. The summed E-state index contributed by atoms with van der Waals surface area (Å²) in [7, 11) is -3.37. The molecule has 1 heterocycles. The minimum absolute atomic E-state index is 0.307. The van der Waals surface area contributed by atoms with Crippen LogP contribution in [-0.4, -0.2) is 38.3 Å². The maximum absolute atomic E-state index is 12.3. The Labute approximate surface area is 120 Å². The first-order valence-electron chi connectivity index (χ1n) is 6.93. The minimum atomic E-state index is -3.37. The molecule has 1 aliphatic rings. The van der Waals surface area contributed by atoms with E-state index in [0.717, 1.165) is 24.1 Å². The number of ketones is 1. The first kappa shape index (κ1) is 15.2. The zero-order valence-corrected chi connectivity index (χ0v) is 12.8. The van der Waals surface area contributed by atoms with Crippen LogP contribution in [0.2, 0.25) is 0 Å². The van der Waals surface area contributed by atoms with Crippen LogP contribution in [0, 0.1) is 13.8 Å². The molecule has 4 nitrogen and oxygen atoms in total. The molecule has 1 atom stereocenters. The highest BCUT2D eigenvalue weighted by molar-refractivity contribution is 7.92. The van der Waals surface area contributed by atoms with Gasteiger partial charge in [-0.25, -0.2) is 8.42 Å². The molecule has 1 saturated heterocycles. The molecular weight excluding hydrogens is 274 g/mol. The molecule has 0 spiro atoms. The molecule has 0 aliphatic carbocycles. The lowest BCUT2D eigenvalue weighted by Crippen LogP contribution is -2.41.